The number of hydrogen-bond donors (Lipinski definition) is 1. The van der Waals surface area contributed by atoms with E-state index in [1.54, 1.807) is 0 Å². The molecule has 0 saturated carbocycles. The van der Waals surface area contributed by atoms with E-state index < -0.39 is 11.6 Å². The number of imidazole rings is 1. The molecule has 0 aliphatic rings. The summed E-state index contributed by atoms with van der Waals surface area (Å²) >= 11 is 0. The minimum Gasteiger partial charge on any atom is -0.356 e. The average molecular weight is 251 g/mol. The molecular formula is C13H15F2N3. The Kier molecular flexibility index (Phi) is 3.60. The third kappa shape index (κ3) is 2.67. The van der Waals surface area contributed by atoms with Crippen molar-refractivity contribution >= 4 is 5.95 Å². The first-order valence-corrected chi connectivity index (χ1v) is 5.81. The molecule has 0 radical (unpaired) electrons. The number of hydrogen-bond acceptors (Lipinski definition) is 2. The number of benzene rings is 1. The fourth-order valence-electron chi connectivity index (χ4n) is 1.80. The summed E-state index contributed by atoms with van der Waals surface area (Å²) in [7, 11) is 0. The van der Waals surface area contributed by atoms with Gasteiger partial charge in [0, 0.05) is 24.4 Å². The summed E-state index contributed by atoms with van der Waals surface area (Å²) in [5, 5.41) is 3.10. The van der Waals surface area contributed by atoms with Gasteiger partial charge in [-0.1, -0.05) is 6.07 Å². The lowest BCUT2D eigenvalue weighted by atomic mass is 10.2. The summed E-state index contributed by atoms with van der Waals surface area (Å²) in [6.45, 7) is 4.91. The monoisotopic (exact) mass is 251 g/mol. The Morgan fingerprint density at radius 2 is 2.11 bits per heavy atom. The number of rotatable bonds is 4. The largest absolute Gasteiger partial charge is 0.356 e. The van der Waals surface area contributed by atoms with Crippen molar-refractivity contribution in [2.45, 2.75) is 20.4 Å². The van der Waals surface area contributed by atoms with Gasteiger partial charge in [0.05, 0.1) is 12.2 Å². The Morgan fingerprint density at radius 1 is 1.33 bits per heavy atom. The van der Waals surface area contributed by atoms with Gasteiger partial charge in [0.1, 0.15) is 11.6 Å². The SMILES string of the molecule is CCNc1nc(C)cn1Cc1ccc(F)cc1F. The van der Waals surface area contributed by atoms with Crippen LogP contribution in [0.3, 0.4) is 0 Å². The topological polar surface area (TPSA) is 29.9 Å². The van der Waals surface area contributed by atoms with E-state index in [0.29, 0.717) is 18.1 Å². The van der Waals surface area contributed by atoms with Crippen LogP contribution in [0.5, 0.6) is 0 Å². The lowest BCUT2D eigenvalue weighted by molar-refractivity contribution is 0.566. The van der Waals surface area contributed by atoms with Gasteiger partial charge < -0.3 is 9.88 Å². The van der Waals surface area contributed by atoms with Crippen LogP contribution in [0.25, 0.3) is 0 Å². The van der Waals surface area contributed by atoms with Crippen molar-refractivity contribution in [2.24, 2.45) is 0 Å². The van der Waals surface area contributed by atoms with Crippen LogP contribution in [0.15, 0.2) is 24.4 Å². The molecule has 0 spiro atoms. The summed E-state index contributed by atoms with van der Waals surface area (Å²) in [6.07, 6.45) is 1.83. The minimum absolute atomic E-state index is 0.329. The Hall–Kier alpha value is -1.91. The average Bonchev–Trinajstić information content (AvgIpc) is 2.64. The molecule has 2 aromatic rings. The predicted octanol–water partition coefficient (Wildman–Crippen LogP) is 2.95. The molecule has 0 aliphatic heterocycles. The second-order valence-electron chi connectivity index (χ2n) is 4.10. The molecule has 1 aromatic carbocycles. The number of anilines is 1. The number of nitrogens with one attached hydrogen (secondary N) is 1. The summed E-state index contributed by atoms with van der Waals surface area (Å²) in [5.74, 6) is -0.410. The molecule has 96 valence electrons. The molecule has 2 rings (SSSR count). The van der Waals surface area contributed by atoms with Crippen LogP contribution in [0.2, 0.25) is 0 Å². The van der Waals surface area contributed by atoms with Crippen molar-refractivity contribution in [3.05, 3.63) is 47.3 Å². The lowest BCUT2D eigenvalue weighted by Gasteiger charge is -2.09. The first kappa shape index (κ1) is 12.5. The summed E-state index contributed by atoms with van der Waals surface area (Å²) in [4.78, 5) is 4.30. The molecule has 0 bridgehead atoms. The van der Waals surface area contributed by atoms with Gasteiger partial charge in [-0.25, -0.2) is 13.8 Å². The van der Waals surface area contributed by atoms with Crippen LogP contribution < -0.4 is 5.32 Å². The van der Waals surface area contributed by atoms with Gasteiger partial charge in [-0.15, -0.1) is 0 Å². The Morgan fingerprint density at radius 3 is 2.78 bits per heavy atom. The quantitative estimate of drug-likeness (QED) is 0.905. The number of nitrogens with zero attached hydrogens (tertiary/aromatic N) is 2. The van der Waals surface area contributed by atoms with Gasteiger partial charge in [0.15, 0.2) is 0 Å². The maximum absolute atomic E-state index is 13.6. The number of aromatic nitrogens is 2. The van der Waals surface area contributed by atoms with Crippen molar-refractivity contribution in [3.8, 4) is 0 Å². The number of halogens is 2. The highest BCUT2D eigenvalue weighted by Crippen LogP contribution is 2.15. The van der Waals surface area contributed by atoms with Crippen molar-refractivity contribution in [1.29, 1.82) is 0 Å². The van der Waals surface area contributed by atoms with Gasteiger partial charge in [-0.05, 0) is 19.9 Å². The molecule has 0 saturated heterocycles. The highest BCUT2D eigenvalue weighted by molar-refractivity contribution is 5.30. The maximum atomic E-state index is 13.6. The molecular weight excluding hydrogens is 236 g/mol. The van der Waals surface area contributed by atoms with Gasteiger partial charge in [0.25, 0.3) is 0 Å². The van der Waals surface area contributed by atoms with Crippen molar-refractivity contribution in [3.63, 3.8) is 0 Å². The smallest absolute Gasteiger partial charge is 0.203 e. The molecule has 0 atom stereocenters. The van der Waals surface area contributed by atoms with Gasteiger partial charge in [-0.3, -0.25) is 0 Å². The standard InChI is InChI=1S/C13H15F2N3/c1-3-16-13-17-9(2)7-18(13)8-10-4-5-11(14)6-12(10)15/h4-7H,3,8H2,1-2H3,(H,16,17). The molecule has 1 aromatic heterocycles. The maximum Gasteiger partial charge on any atom is 0.203 e. The highest BCUT2D eigenvalue weighted by Gasteiger charge is 2.09. The zero-order chi connectivity index (χ0) is 13.1. The van der Waals surface area contributed by atoms with Crippen LogP contribution in [-0.2, 0) is 6.54 Å². The predicted molar refractivity (Wildman–Crippen MR) is 66.6 cm³/mol. The van der Waals surface area contributed by atoms with Crippen molar-refractivity contribution < 1.29 is 8.78 Å². The molecule has 5 heteroatoms. The highest BCUT2D eigenvalue weighted by atomic mass is 19.1. The van der Waals surface area contributed by atoms with Crippen molar-refractivity contribution in [2.75, 3.05) is 11.9 Å². The van der Waals surface area contributed by atoms with E-state index in [1.807, 2.05) is 24.6 Å². The van der Waals surface area contributed by atoms with Gasteiger partial charge in [0.2, 0.25) is 5.95 Å². The molecule has 0 aliphatic carbocycles. The van der Waals surface area contributed by atoms with Crippen molar-refractivity contribution in [1.82, 2.24) is 9.55 Å². The molecule has 0 amide bonds. The van der Waals surface area contributed by atoms with E-state index in [9.17, 15) is 8.78 Å². The minimum atomic E-state index is -0.565. The van der Waals surface area contributed by atoms with Crippen LogP contribution in [-0.4, -0.2) is 16.1 Å². The van der Waals surface area contributed by atoms with E-state index >= 15 is 0 Å². The zero-order valence-corrected chi connectivity index (χ0v) is 10.4. The van der Waals surface area contributed by atoms with E-state index in [4.69, 9.17) is 0 Å². The van der Waals surface area contributed by atoms with E-state index in [1.165, 1.54) is 12.1 Å². The fraction of sp³-hybridized carbons (Fsp3) is 0.308. The number of aryl methyl sites for hydroxylation is 1. The van der Waals surface area contributed by atoms with Crippen LogP contribution in [0.4, 0.5) is 14.7 Å². The van der Waals surface area contributed by atoms with Crippen LogP contribution in [0.1, 0.15) is 18.2 Å². The normalized spacial score (nSPS) is 10.7. The summed E-state index contributed by atoms with van der Waals surface area (Å²) in [6, 6.07) is 3.61. The fourth-order valence-corrected chi connectivity index (χ4v) is 1.80. The summed E-state index contributed by atoms with van der Waals surface area (Å²) in [5.41, 5.74) is 1.29. The third-order valence-electron chi connectivity index (χ3n) is 2.59. The molecule has 1 heterocycles. The van der Waals surface area contributed by atoms with Gasteiger partial charge >= 0.3 is 0 Å². The Bertz CT molecular complexity index is 549. The molecule has 18 heavy (non-hydrogen) atoms. The van der Waals surface area contributed by atoms with E-state index in [2.05, 4.69) is 10.3 Å². The Balaban J connectivity index is 2.27. The third-order valence-corrected chi connectivity index (χ3v) is 2.59. The zero-order valence-electron chi connectivity index (χ0n) is 10.4. The van der Waals surface area contributed by atoms with E-state index in [0.717, 1.165) is 18.3 Å². The summed E-state index contributed by atoms with van der Waals surface area (Å²) < 4.78 is 28.2. The second kappa shape index (κ2) is 5.16. The second-order valence-corrected chi connectivity index (χ2v) is 4.10. The van der Waals surface area contributed by atoms with E-state index in [-0.39, 0.29) is 0 Å². The molecule has 0 unspecified atom stereocenters. The molecule has 0 fully saturated rings. The first-order valence-electron chi connectivity index (χ1n) is 5.81. The Labute approximate surface area is 104 Å². The van der Waals surface area contributed by atoms with Crippen LogP contribution >= 0.6 is 0 Å². The lowest BCUT2D eigenvalue weighted by Crippen LogP contribution is -2.08. The van der Waals surface area contributed by atoms with Crippen LogP contribution in [0, 0.1) is 18.6 Å². The van der Waals surface area contributed by atoms with Gasteiger partial charge in [-0.2, -0.15) is 0 Å². The first-order chi connectivity index (χ1) is 8.60. The molecule has 3 nitrogen and oxygen atoms in total. The molecule has 1 N–H and O–H groups in total.